The molecule has 0 saturated carbocycles. The van der Waals surface area contributed by atoms with Crippen molar-refractivity contribution in [2.75, 3.05) is 18.1 Å². The lowest BCUT2D eigenvalue weighted by molar-refractivity contribution is -0.150. The predicted molar refractivity (Wildman–Crippen MR) is 111 cm³/mol. The molecule has 0 aliphatic carbocycles. The number of anilines is 1. The molecule has 1 aliphatic heterocycles. The van der Waals surface area contributed by atoms with E-state index in [1.54, 1.807) is 18.7 Å². The summed E-state index contributed by atoms with van der Waals surface area (Å²) in [4.78, 5) is 39.2. The van der Waals surface area contributed by atoms with Crippen LogP contribution in [0.25, 0.3) is 0 Å². The minimum atomic E-state index is -1.00. The molecule has 2 aromatic carbocycles. The quantitative estimate of drug-likeness (QED) is 0.740. The summed E-state index contributed by atoms with van der Waals surface area (Å²) in [5, 5.41) is 2.51. The highest BCUT2D eigenvalue weighted by Gasteiger charge is 2.29. The van der Waals surface area contributed by atoms with E-state index in [0.29, 0.717) is 6.54 Å². The second-order valence-corrected chi connectivity index (χ2v) is 7.56. The standard InChI is InChI=1S/C23H25FN2O4/c1-15(2)21(25-22(28)17-10-4-5-11-18(17)24)23(29)30-14-20(27)26-13-7-9-16-8-3-6-12-19(16)26/h3-6,8,10-12,15,21H,7,9,13-14H2,1-2H3,(H,25,28)/t21-/m0/s1. The van der Waals surface area contributed by atoms with Gasteiger partial charge in [0.2, 0.25) is 0 Å². The van der Waals surface area contributed by atoms with E-state index in [2.05, 4.69) is 5.32 Å². The molecule has 1 aliphatic rings. The van der Waals surface area contributed by atoms with E-state index in [4.69, 9.17) is 4.74 Å². The highest BCUT2D eigenvalue weighted by molar-refractivity contribution is 5.98. The molecule has 158 valence electrons. The average molecular weight is 412 g/mol. The third-order valence-corrected chi connectivity index (χ3v) is 5.07. The van der Waals surface area contributed by atoms with Gasteiger partial charge in [-0.25, -0.2) is 9.18 Å². The van der Waals surface area contributed by atoms with E-state index >= 15 is 0 Å². The number of nitrogens with one attached hydrogen (secondary N) is 1. The molecule has 7 heteroatoms. The Labute approximate surface area is 175 Å². The zero-order valence-electron chi connectivity index (χ0n) is 17.1. The molecular formula is C23H25FN2O4. The Morgan fingerprint density at radius 2 is 1.80 bits per heavy atom. The molecule has 0 aromatic heterocycles. The predicted octanol–water partition coefficient (Wildman–Crippen LogP) is 3.10. The third kappa shape index (κ3) is 4.84. The number of fused-ring (bicyclic) bond motifs is 1. The number of rotatable bonds is 6. The summed E-state index contributed by atoms with van der Waals surface area (Å²) in [6.07, 6.45) is 1.74. The van der Waals surface area contributed by atoms with Gasteiger partial charge >= 0.3 is 5.97 Å². The Morgan fingerprint density at radius 1 is 1.10 bits per heavy atom. The summed E-state index contributed by atoms with van der Waals surface area (Å²) in [5.74, 6) is -2.74. The van der Waals surface area contributed by atoms with Gasteiger partial charge in [-0.15, -0.1) is 0 Å². The molecule has 1 N–H and O–H groups in total. The lowest BCUT2D eigenvalue weighted by Gasteiger charge is -2.29. The molecule has 0 spiro atoms. The van der Waals surface area contributed by atoms with Crippen LogP contribution in [-0.4, -0.2) is 37.0 Å². The van der Waals surface area contributed by atoms with E-state index in [1.165, 1.54) is 24.3 Å². The molecule has 6 nitrogen and oxygen atoms in total. The van der Waals surface area contributed by atoms with Gasteiger partial charge in [0, 0.05) is 12.2 Å². The van der Waals surface area contributed by atoms with Crippen molar-refractivity contribution in [3.8, 4) is 0 Å². The third-order valence-electron chi connectivity index (χ3n) is 5.07. The molecule has 0 fully saturated rings. The van der Waals surface area contributed by atoms with Gasteiger partial charge in [0.05, 0.1) is 5.56 Å². The summed E-state index contributed by atoms with van der Waals surface area (Å²) in [6.45, 7) is 3.60. The summed E-state index contributed by atoms with van der Waals surface area (Å²) in [5.41, 5.74) is 1.76. The molecule has 0 saturated heterocycles. The molecule has 0 bridgehead atoms. The molecule has 1 atom stereocenters. The van der Waals surface area contributed by atoms with Crippen molar-refractivity contribution >= 4 is 23.5 Å². The number of carbonyl (C=O) groups is 3. The van der Waals surface area contributed by atoms with Crippen LogP contribution in [0.15, 0.2) is 48.5 Å². The summed E-state index contributed by atoms with van der Waals surface area (Å²) >= 11 is 0. The van der Waals surface area contributed by atoms with Gasteiger partial charge in [-0.2, -0.15) is 0 Å². The lowest BCUT2D eigenvalue weighted by atomic mass is 10.0. The van der Waals surface area contributed by atoms with Crippen LogP contribution < -0.4 is 10.2 Å². The first-order valence-electron chi connectivity index (χ1n) is 9.98. The summed E-state index contributed by atoms with van der Waals surface area (Å²) in [6, 6.07) is 12.2. The first kappa shape index (κ1) is 21.5. The first-order chi connectivity index (χ1) is 14.4. The van der Waals surface area contributed by atoms with Crippen molar-refractivity contribution in [1.29, 1.82) is 0 Å². The molecule has 0 radical (unpaired) electrons. The van der Waals surface area contributed by atoms with Crippen molar-refractivity contribution in [1.82, 2.24) is 5.32 Å². The lowest BCUT2D eigenvalue weighted by Crippen LogP contribution is -2.47. The minimum absolute atomic E-state index is 0.156. The topological polar surface area (TPSA) is 75.7 Å². The Morgan fingerprint density at radius 3 is 2.53 bits per heavy atom. The van der Waals surface area contributed by atoms with Crippen LogP contribution in [0.2, 0.25) is 0 Å². The molecule has 30 heavy (non-hydrogen) atoms. The number of para-hydroxylation sites is 1. The number of ether oxygens (including phenoxy) is 1. The van der Waals surface area contributed by atoms with Crippen molar-refractivity contribution in [3.05, 3.63) is 65.5 Å². The number of aryl methyl sites for hydroxylation is 1. The SMILES string of the molecule is CC(C)[C@H](NC(=O)c1ccccc1F)C(=O)OCC(=O)N1CCCc2ccccc21. The van der Waals surface area contributed by atoms with Crippen LogP contribution in [-0.2, 0) is 20.7 Å². The molecule has 2 aromatic rings. The van der Waals surface area contributed by atoms with Crippen LogP contribution in [0.1, 0.15) is 36.2 Å². The summed E-state index contributed by atoms with van der Waals surface area (Å²) < 4.78 is 19.1. The van der Waals surface area contributed by atoms with Gasteiger partial charge in [-0.3, -0.25) is 9.59 Å². The highest BCUT2D eigenvalue weighted by Crippen LogP contribution is 2.26. The molecule has 1 heterocycles. The molecule has 3 rings (SSSR count). The van der Waals surface area contributed by atoms with Gasteiger partial charge in [0.1, 0.15) is 11.9 Å². The van der Waals surface area contributed by atoms with Gasteiger partial charge in [0.25, 0.3) is 11.8 Å². The number of carbonyl (C=O) groups excluding carboxylic acids is 3. The van der Waals surface area contributed by atoms with Crippen LogP contribution >= 0.6 is 0 Å². The van der Waals surface area contributed by atoms with Crippen LogP contribution in [0.3, 0.4) is 0 Å². The number of nitrogens with zero attached hydrogens (tertiary/aromatic N) is 1. The number of esters is 1. The van der Waals surface area contributed by atoms with Crippen molar-refractivity contribution < 1.29 is 23.5 Å². The van der Waals surface area contributed by atoms with Gasteiger partial charge in [-0.05, 0) is 42.5 Å². The van der Waals surface area contributed by atoms with Crippen molar-refractivity contribution in [2.45, 2.75) is 32.7 Å². The number of hydrogen-bond donors (Lipinski definition) is 1. The largest absolute Gasteiger partial charge is 0.454 e. The fourth-order valence-electron chi connectivity index (χ4n) is 3.46. The van der Waals surface area contributed by atoms with Crippen molar-refractivity contribution in [3.63, 3.8) is 0 Å². The van der Waals surface area contributed by atoms with Gasteiger partial charge in [-0.1, -0.05) is 44.2 Å². The number of benzene rings is 2. The number of halogens is 1. The van der Waals surface area contributed by atoms with Crippen LogP contribution in [0.4, 0.5) is 10.1 Å². The monoisotopic (exact) mass is 412 g/mol. The second kappa shape index (κ2) is 9.52. The number of amides is 2. The normalized spacial score (nSPS) is 14.1. The molecule has 2 amide bonds. The fourth-order valence-corrected chi connectivity index (χ4v) is 3.46. The maximum atomic E-state index is 13.8. The maximum Gasteiger partial charge on any atom is 0.329 e. The zero-order chi connectivity index (χ0) is 21.7. The smallest absolute Gasteiger partial charge is 0.329 e. The molecule has 0 unspecified atom stereocenters. The van der Waals surface area contributed by atoms with Gasteiger partial charge < -0.3 is 15.0 Å². The first-order valence-corrected chi connectivity index (χ1v) is 9.98. The van der Waals surface area contributed by atoms with E-state index < -0.39 is 30.3 Å². The minimum Gasteiger partial charge on any atom is -0.454 e. The zero-order valence-corrected chi connectivity index (χ0v) is 17.1. The van der Waals surface area contributed by atoms with Crippen LogP contribution in [0.5, 0.6) is 0 Å². The Hall–Kier alpha value is -3.22. The average Bonchev–Trinajstić information content (AvgIpc) is 2.75. The Bertz CT molecular complexity index is 944. The van der Waals surface area contributed by atoms with Crippen LogP contribution in [0, 0.1) is 11.7 Å². The van der Waals surface area contributed by atoms with E-state index in [9.17, 15) is 18.8 Å². The summed E-state index contributed by atoms with van der Waals surface area (Å²) in [7, 11) is 0. The van der Waals surface area contributed by atoms with Crippen molar-refractivity contribution in [2.24, 2.45) is 5.92 Å². The van der Waals surface area contributed by atoms with E-state index in [1.807, 2.05) is 24.3 Å². The van der Waals surface area contributed by atoms with E-state index in [-0.39, 0.29) is 17.4 Å². The Balaban J connectivity index is 1.63. The number of hydrogen-bond acceptors (Lipinski definition) is 4. The maximum absolute atomic E-state index is 13.8. The molecular weight excluding hydrogens is 387 g/mol. The fraction of sp³-hybridized carbons (Fsp3) is 0.348. The van der Waals surface area contributed by atoms with E-state index in [0.717, 1.165) is 24.1 Å². The highest BCUT2D eigenvalue weighted by atomic mass is 19.1. The second-order valence-electron chi connectivity index (χ2n) is 7.56. The van der Waals surface area contributed by atoms with Gasteiger partial charge in [0.15, 0.2) is 6.61 Å². The Kier molecular flexibility index (Phi) is 6.82.